The monoisotopic (exact) mass is 351 g/mol. The number of rotatable bonds is 6. The van der Waals surface area contributed by atoms with E-state index < -0.39 is 0 Å². The summed E-state index contributed by atoms with van der Waals surface area (Å²) < 4.78 is 5.70. The Morgan fingerprint density at radius 2 is 1.85 bits per heavy atom. The molecule has 0 bridgehead atoms. The molecule has 1 aromatic heterocycles. The molecule has 1 amide bonds. The van der Waals surface area contributed by atoms with Gasteiger partial charge in [0.2, 0.25) is 5.89 Å². The summed E-state index contributed by atoms with van der Waals surface area (Å²) in [5.41, 5.74) is 3.98. The van der Waals surface area contributed by atoms with Crippen LogP contribution in [-0.2, 0) is 11.3 Å². The highest BCUT2D eigenvalue weighted by Crippen LogP contribution is 2.18. The maximum Gasteiger partial charge on any atom is 0.279 e. The fourth-order valence-electron chi connectivity index (χ4n) is 2.70. The Bertz CT molecular complexity index is 890. The number of aryl methyl sites for hydroxylation is 1. The number of nitrogens with one attached hydrogen (secondary N) is 2. The molecule has 0 aliphatic heterocycles. The first-order valence-electron chi connectivity index (χ1n) is 8.58. The zero-order valence-electron chi connectivity index (χ0n) is 15.2. The van der Waals surface area contributed by atoms with Crippen LogP contribution < -0.4 is 10.2 Å². The van der Waals surface area contributed by atoms with Crippen molar-refractivity contribution in [3.8, 4) is 11.5 Å². The molecule has 0 radical (unpaired) electrons. The van der Waals surface area contributed by atoms with Gasteiger partial charge in [0.1, 0.15) is 0 Å². The van der Waals surface area contributed by atoms with Gasteiger partial charge in [0, 0.05) is 11.3 Å². The van der Waals surface area contributed by atoms with Crippen molar-refractivity contribution in [3.05, 3.63) is 65.5 Å². The van der Waals surface area contributed by atoms with Crippen LogP contribution in [0.4, 0.5) is 5.69 Å². The lowest BCUT2D eigenvalue weighted by Crippen LogP contribution is -3.08. The topological polar surface area (TPSA) is 72.5 Å². The van der Waals surface area contributed by atoms with Crippen molar-refractivity contribution in [2.75, 3.05) is 18.9 Å². The molecule has 1 heterocycles. The first-order valence-corrected chi connectivity index (χ1v) is 8.58. The maximum atomic E-state index is 12.3. The number of carbonyl (C=O) groups excluding carboxylic acids is 1. The highest BCUT2D eigenvalue weighted by Gasteiger charge is 2.16. The van der Waals surface area contributed by atoms with Crippen molar-refractivity contribution in [3.63, 3.8) is 0 Å². The number of likely N-dealkylation sites (N-methyl/N-ethyl adjacent to an activating group) is 1. The molecule has 0 fully saturated rings. The van der Waals surface area contributed by atoms with Gasteiger partial charge in [-0.05, 0) is 43.2 Å². The number of aromatic nitrogens is 2. The van der Waals surface area contributed by atoms with Crippen LogP contribution in [0.25, 0.3) is 11.5 Å². The molecule has 0 aliphatic carbocycles. The fourth-order valence-corrected chi connectivity index (χ4v) is 2.70. The number of amides is 1. The quantitative estimate of drug-likeness (QED) is 0.713. The Labute approximate surface area is 152 Å². The molecule has 3 aromatic rings. The minimum Gasteiger partial charge on any atom is -0.415 e. The lowest BCUT2D eigenvalue weighted by molar-refractivity contribution is -0.886. The number of hydrogen-bond donors (Lipinski definition) is 2. The van der Waals surface area contributed by atoms with E-state index in [1.54, 1.807) is 0 Å². The molecule has 134 valence electrons. The van der Waals surface area contributed by atoms with Crippen LogP contribution in [0.2, 0.25) is 0 Å². The van der Waals surface area contributed by atoms with Crippen molar-refractivity contribution >= 4 is 11.6 Å². The van der Waals surface area contributed by atoms with E-state index in [2.05, 4.69) is 15.5 Å². The standard InChI is InChI=1S/C20H22N4O2/c1-14-8-7-11-17(15(14)2)21-18(25)12-24(3)13-19-22-23-20(26-19)16-9-5-4-6-10-16/h4-11H,12-13H2,1-3H3,(H,21,25)/p+1. The third kappa shape index (κ3) is 4.34. The van der Waals surface area contributed by atoms with Gasteiger partial charge in [-0.15, -0.1) is 10.2 Å². The highest BCUT2D eigenvalue weighted by molar-refractivity contribution is 5.92. The van der Waals surface area contributed by atoms with Gasteiger partial charge in [-0.25, -0.2) is 0 Å². The number of anilines is 1. The largest absolute Gasteiger partial charge is 0.415 e. The second-order valence-electron chi connectivity index (χ2n) is 6.47. The van der Waals surface area contributed by atoms with Crippen LogP contribution in [0.3, 0.4) is 0 Å². The normalized spacial score (nSPS) is 12.0. The van der Waals surface area contributed by atoms with Crippen LogP contribution in [0.1, 0.15) is 17.0 Å². The van der Waals surface area contributed by atoms with E-state index in [0.717, 1.165) is 27.3 Å². The summed E-state index contributed by atoms with van der Waals surface area (Å²) in [6.07, 6.45) is 0. The van der Waals surface area contributed by atoms with E-state index in [0.29, 0.717) is 24.9 Å². The molecule has 6 nitrogen and oxygen atoms in total. The van der Waals surface area contributed by atoms with Crippen LogP contribution in [0.15, 0.2) is 52.9 Å². The van der Waals surface area contributed by atoms with Crippen molar-refractivity contribution in [2.24, 2.45) is 0 Å². The summed E-state index contributed by atoms with van der Waals surface area (Å²) in [6, 6.07) is 15.5. The van der Waals surface area contributed by atoms with Crippen molar-refractivity contribution in [1.82, 2.24) is 10.2 Å². The summed E-state index contributed by atoms with van der Waals surface area (Å²) in [5.74, 6) is 0.966. The van der Waals surface area contributed by atoms with E-state index in [-0.39, 0.29) is 5.91 Å². The van der Waals surface area contributed by atoms with Gasteiger partial charge in [0.15, 0.2) is 13.1 Å². The maximum absolute atomic E-state index is 12.3. The van der Waals surface area contributed by atoms with E-state index >= 15 is 0 Å². The lowest BCUT2D eigenvalue weighted by Gasteiger charge is -2.13. The van der Waals surface area contributed by atoms with Crippen LogP contribution >= 0.6 is 0 Å². The Morgan fingerprint density at radius 1 is 1.08 bits per heavy atom. The predicted molar refractivity (Wildman–Crippen MR) is 99.7 cm³/mol. The first kappa shape index (κ1) is 17.8. The molecule has 6 heteroatoms. The second kappa shape index (κ2) is 7.93. The highest BCUT2D eigenvalue weighted by atomic mass is 16.4. The average Bonchev–Trinajstić information content (AvgIpc) is 3.08. The van der Waals surface area contributed by atoms with Gasteiger partial charge in [-0.1, -0.05) is 30.3 Å². The van der Waals surface area contributed by atoms with Gasteiger partial charge >= 0.3 is 0 Å². The van der Waals surface area contributed by atoms with E-state index in [4.69, 9.17) is 4.42 Å². The number of quaternary nitrogens is 1. The molecular formula is C20H23N4O2+. The van der Waals surface area contributed by atoms with Crippen molar-refractivity contribution in [1.29, 1.82) is 0 Å². The second-order valence-corrected chi connectivity index (χ2v) is 6.47. The van der Waals surface area contributed by atoms with Crippen LogP contribution in [-0.4, -0.2) is 29.7 Å². The molecular weight excluding hydrogens is 328 g/mol. The van der Waals surface area contributed by atoms with Gasteiger partial charge in [0.05, 0.1) is 7.05 Å². The Balaban J connectivity index is 1.57. The Hall–Kier alpha value is -2.99. The van der Waals surface area contributed by atoms with E-state index in [9.17, 15) is 4.79 Å². The molecule has 0 saturated heterocycles. The molecule has 2 aromatic carbocycles. The third-order valence-corrected chi connectivity index (χ3v) is 4.28. The predicted octanol–water partition coefficient (Wildman–Crippen LogP) is 2.01. The van der Waals surface area contributed by atoms with Gasteiger partial charge in [-0.2, -0.15) is 0 Å². The SMILES string of the molecule is Cc1cccc(NC(=O)C[NH+](C)Cc2nnc(-c3ccccc3)o2)c1C. The smallest absolute Gasteiger partial charge is 0.279 e. The number of hydrogen-bond acceptors (Lipinski definition) is 4. The minimum absolute atomic E-state index is 0.0426. The minimum atomic E-state index is -0.0426. The molecule has 1 unspecified atom stereocenters. The number of benzene rings is 2. The molecule has 2 N–H and O–H groups in total. The summed E-state index contributed by atoms with van der Waals surface area (Å²) in [5, 5.41) is 11.1. The molecule has 0 spiro atoms. The average molecular weight is 351 g/mol. The van der Waals surface area contributed by atoms with E-state index in [1.165, 1.54) is 0 Å². The fraction of sp³-hybridized carbons (Fsp3) is 0.250. The molecule has 3 rings (SSSR count). The summed E-state index contributed by atoms with van der Waals surface area (Å²) in [4.78, 5) is 13.3. The number of nitrogens with zero attached hydrogens (tertiary/aromatic N) is 2. The molecule has 0 saturated carbocycles. The summed E-state index contributed by atoms with van der Waals surface area (Å²) in [7, 11) is 1.93. The molecule has 0 aliphatic rings. The van der Waals surface area contributed by atoms with Gasteiger partial charge in [-0.3, -0.25) is 4.79 Å². The van der Waals surface area contributed by atoms with Crippen molar-refractivity contribution < 1.29 is 14.1 Å². The zero-order chi connectivity index (χ0) is 18.5. The zero-order valence-corrected chi connectivity index (χ0v) is 15.2. The summed E-state index contributed by atoms with van der Waals surface area (Å²) in [6.45, 7) is 4.84. The Kier molecular flexibility index (Phi) is 5.43. The summed E-state index contributed by atoms with van der Waals surface area (Å²) >= 11 is 0. The van der Waals surface area contributed by atoms with E-state index in [1.807, 2.05) is 69.4 Å². The number of carbonyl (C=O) groups is 1. The molecule has 1 atom stereocenters. The first-order chi connectivity index (χ1) is 12.5. The van der Waals surface area contributed by atoms with Gasteiger partial charge in [0.25, 0.3) is 11.8 Å². The van der Waals surface area contributed by atoms with Crippen LogP contribution in [0.5, 0.6) is 0 Å². The Morgan fingerprint density at radius 3 is 2.62 bits per heavy atom. The van der Waals surface area contributed by atoms with Crippen LogP contribution in [0, 0.1) is 13.8 Å². The third-order valence-electron chi connectivity index (χ3n) is 4.28. The van der Waals surface area contributed by atoms with Crippen molar-refractivity contribution in [2.45, 2.75) is 20.4 Å². The lowest BCUT2D eigenvalue weighted by atomic mass is 10.1. The molecule has 26 heavy (non-hydrogen) atoms. The van der Waals surface area contributed by atoms with Gasteiger partial charge < -0.3 is 14.6 Å².